The lowest BCUT2D eigenvalue weighted by Crippen LogP contribution is -2.17. The zero-order valence-electron chi connectivity index (χ0n) is 16.2. The second kappa shape index (κ2) is 10.1. The smallest absolute Gasteiger partial charge is 0.302 e. The standard InChI is InChI=1S/C20H20N2O5S3/c1-14(23)27-10-11-28-20-22-17-8-7-15(13-18(17)29-20)21-19(24)9-12-30(25,26)16-5-3-2-4-6-16/h2-8,13H,9-12H2,1H3,(H,21,24). The van der Waals surface area contributed by atoms with Gasteiger partial charge in [-0.25, -0.2) is 13.4 Å². The van der Waals surface area contributed by atoms with Crippen LogP contribution in [0.3, 0.4) is 0 Å². The molecule has 0 bridgehead atoms. The van der Waals surface area contributed by atoms with Crippen molar-refractivity contribution < 1.29 is 22.7 Å². The van der Waals surface area contributed by atoms with E-state index in [-0.39, 0.29) is 28.9 Å². The van der Waals surface area contributed by atoms with Crippen LogP contribution >= 0.6 is 23.1 Å². The molecule has 158 valence electrons. The molecule has 0 spiro atoms. The van der Waals surface area contributed by atoms with Crippen molar-refractivity contribution in [2.24, 2.45) is 0 Å². The van der Waals surface area contributed by atoms with Crippen LogP contribution in [-0.2, 0) is 24.2 Å². The number of esters is 1. The minimum absolute atomic E-state index is 0.130. The number of carbonyl (C=O) groups excluding carboxylic acids is 2. The molecule has 3 rings (SSSR count). The van der Waals surface area contributed by atoms with Crippen molar-refractivity contribution >= 4 is 60.7 Å². The normalized spacial score (nSPS) is 11.4. The van der Waals surface area contributed by atoms with Gasteiger partial charge in [0.15, 0.2) is 14.2 Å². The molecule has 0 aliphatic heterocycles. The molecule has 3 aromatic rings. The molecule has 0 aliphatic carbocycles. The lowest BCUT2D eigenvalue weighted by molar-refractivity contribution is -0.140. The molecule has 7 nitrogen and oxygen atoms in total. The fraction of sp³-hybridized carbons (Fsp3) is 0.250. The summed E-state index contributed by atoms with van der Waals surface area (Å²) in [4.78, 5) is 27.7. The summed E-state index contributed by atoms with van der Waals surface area (Å²) >= 11 is 2.97. The van der Waals surface area contributed by atoms with E-state index in [0.717, 1.165) is 14.6 Å². The number of amides is 1. The molecule has 0 aliphatic rings. The number of aromatic nitrogens is 1. The number of ether oxygens (including phenoxy) is 1. The first kappa shape index (κ1) is 22.3. The SMILES string of the molecule is CC(=O)OCCSc1nc2ccc(NC(=O)CCS(=O)(=O)c3ccccc3)cc2s1. The molecular weight excluding hydrogens is 444 g/mol. The number of benzene rings is 2. The van der Waals surface area contributed by atoms with E-state index < -0.39 is 9.84 Å². The summed E-state index contributed by atoms with van der Waals surface area (Å²) in [6.07, 6.45) is -0.130. The van der Waals surface area contributed by atoms with Crippen LogP contribution in [0.4, 0.5) is 5.69 Å². The molecule has 30 heavy (non-hydrogen) atoms. The van der Waals surface area contributed by atoms with E-state index in [4.69, 9.17) is 4.74 Å². The number of fused-ring (bicyclic) bond motifs is 1. The summed E-state index contributed by atoms with van der Waals surface area (Å²) < 4.78 is 31.2. The van der Waals surface area contributed by atoms with Gasteiger partial charge in [0.2, 0.25) is 5.91 Å². The Morgan fingerprint density at radius 2 is 1.93 bits per heavy atom. The minimum atomic E-state index is -3.50. The van der Waals surface area contributed by atoms with Crippen molar-refractivity contribution in [1.82, 2.24) is 4.98 Å². The Kier molecular flexibility index (Phi) is 7.46. The minimum Gasteiger partial charge on any atom is -0.465 e. The Morgan fingerprint density at radius 1 is 1.17 bits per heavy atom. The molecule has 1 amide bonds. The monoisotopic (exact) mass is 464 g/mol. The summed E-state index contributed by atoms with van der Waals surface area (Å²) in [6.45, 7) is 1.69. The predicted molar refractivity (Wildman–Crippen MR) is 119 cm³/mol. The van der Waals surface area contributed by atoms with Gasteiger partial charge in [-0.1, -0.05) is 30.0 Å². The molecule has 2 aromatic carbocycles. The Bertz CT molecular complexity index is 1140. The Balaban J connectivity index is 1.56. The molecule has 1 N–H and O–H groups in total. The van der Waals surface area contributed by atoms with E-state index in [1.165, 1.54) is 42.2 Å². The molecule has 0 radical (unpaired) electrons. The third kappa shape index (κ3) is 6.28. The number of nitrogens with zero attached hydrogens (tertiary/aromatic N) is 1. The number of thioether (sulfide) groups is 1. The molecule has 0 atom stereocenters. The van der Waals surface area contributed by atoms with Gasteiger partial charge in [0.05, 0.1) is 20.9 Å². The largest absolute Gasteiger partial charge is 0.465 e. The second-order valence-electron chi connectivity index (χ2n) is 6.28. The summed E-state index contributed by atoms with van der Waals surface area (Å²) in [7, 11) is -3.50. The fourth-order valence-corrected chi connectivity index (χ4v) is 5.81. The maximum atomic E-state index is 12.3. The molecule has 0 saturated heterocycles. The number of nitrogens with one attached hydrogen (secondary N) is 1. The average molecular weight is 465 g/mol. The first-order valence-corrected chi connectivity index (χ1v) is 12.5. The van der Waals surface area contributed by atoms with E-state index >= 15 is 0 Å². The Hall–Kier alpha value is -2.43. The fourth-order valence-electron chi connectivity index (χ4n) is 2.55. The Morgan fingerprint density at radius 3 is 2.67 bits per heavy atom. The first-order valence-electron chi connectivity index (χ1n) is 9.08. The predicted octanol–water partition coefficient (Wildman–Crippen LogP) is 3.75. The van der Waals surface area contributed by atoms with Gasteiger partial charge in [-0.2, -0.15) is 0 Å². The van der Waals surface area contributed by atoms with E-state index in [0.29, 0.717) is 18.0 Å². The molecule has 0 fully saturated rings. The second-order valence-corrected chi connectivity index (χ2v) is 10.8. The van der Waals surface area contributed by atoms with Crippen LogP contribution < -0.4 is 5.32 Å². The lowest BCUT2D eigenvalue weighted by Gasteiger charge is -2.06. The molecule has 1 aromatic heterocycles. The number of carbonyl (C=O) groups is 2. The topological polar surface area (TPSA) is 102 Å². The highest BCUT2D eigenvalue weighted by Crippen LogP contribution is 2.31. The van der Waals surface area contributed by atoms with Crippen molar-refractivity contribution in [3.8, 4) is 0 Å². The van der Waals surface area contributed by atoms with Gasteiger partial charge >= 0.3 is 5.97 Å². The van der Waals surface area contributed by atoms with Crippen LogP contribution in [0, 0.1) is 0 Å². The van der Waals surface area contributed by atoms with E-state index in [1.54, 1.807) is 30.3 Å². The van der Waals surface area contributed by atoms with Crippen molar-refractivity contribution in [3.63, 3.8) is 0 Å². The number of anilines is 1. The summed E-state index contributed by atoms with van der Waals surface area (Å²) in [6, 6.07) is 13.4. The molecule has 0 saturated carbocycles. The molecule has 0 unspecified atom stereocenters. The van der Waals surface area contributed by atoms with Crippen molar-refractivity contribution in [2.45, 2.75) is 22.6 Å². The van der Waals surface area contributed by atoms with Gasteiger partial charge in [0.25, 0.3) is 0 Å². The lowest BCUT2D eigenvalue weighted by atomic mass is 10.3. The maximum absolute atomic E-state index is 12.3. The van der Waals surface area contributed by atoms with E-state index in [2.05, 4.69) is 10.3 Å². The molecule has 1 heterocycles. The highest BCUT2D eigenvalue weighted by molar-refractivity contribution is 8.01. The summed E-state index contributed by atoms with van der Waals surface area (Å²) in [5.41, 5.74) is 1.39. The van der Waals surface area contributed by atoms with Gasteiger partial charge in [0.1, 0.15) is 6.61 Å². The first-order chi connectivity index (χ1) is 14.3. The van der Waals surface area contributed by atoms with Gasteiger partial charge in [0, 0.05) is 24.8 Å². The number of thiazole rings is 1. The van der Waals surface area contributed by atoms with Crippen LogP contribution in [0.25, 0.3) is 10.2 Å². The van der Waals surface area contributed by atoms with Crippen LogP contribution in [0.5, 0.6) is 0 Å². The van der Waals surface area contributed by atoms with Crippen molar-refractivity contribution in [3.05, 3.63) is 48.5 Å². The molecule has 10 heteroatoms. The average Bonchev–Trinajstić information content (AvgIpc) is 3.12. The van der Waals surface area contributed by atoms with Crippen molar-refractivity contribution in [2.75, 3.05) is 23.4 Å². The van der Waals surface area contributed by atoms with Crippen molar-refractivity contribution in [1.29, 1.82) is 0 Å². The molecular formula is C20H20N2O5S3. The van der Waals surface area contributed by atoms with Crippen LogP contribution in [-0.4, -0.2) is 43.4 Å². The summed E-state index contributed by atoms with van der Waals surface area (Å²) in [5, 5.41) is 2.74. The zero-order chi connectivity index (χ0) is 21.6. The van der Waals surface area contributed by atoms with Crippen LogP contribution in [0.15, 0.2) is 57.8 Å². The zero-order valence-corrected chi connectivity index (χ0v) is 18.6. The Labute approximate surface area is 182 Å². The maximum Gasteiger partial charge on any atom is 0.302 e. The van der Waals surface area contributed by atoms with Gasteiger partial charge in [-0.05, 0) is 30.3 Å². The third-order valence-corrected chi connectivity index (χ3v) is 7.82. The van der Waals surface area contributed by atoms with Crippen LogP contribution in [0.2, 0.25) is 0 Å². The number of rotatable bonds is 9. The van der Waals surface area contributed by atoms with Gasteiger partial charge in [-0.15, -0.1) is 11.3 Å². The van der Waals surface area contributed by atoms with Gasteiger partial charge in [-0.3, -0.25) is 9.59 Å². The van der Waals surface area contributed by atoms with Gasteiger partial charge < -0.3 is 10.1 Å². The van der Waals surface area contributed by atoms with E-state index in [9.17, 15) is 18.0 Å². The number of hydrogen-bond acceptors (Lipinski definition) is 8. The number of hydrogen-bond donors (Lipinski definition) is 1. The summed E-state index contributed by atoms with van der Waals surface area (Å²) in [5.74, 6) is -0.320. The van der Waals surface area contributed by atoms with E-state index in [1.807, 2.05) is 6.07 Å². The van der Waals surface area contributed by atoms with Crippen LogP contribution in [0.1, 0.15) is 13.3 Å². The highest BCUT2D eigenvalue weighted by Gasteiger charge is 2.16. The third-order valence-electron chi connectivity index (χ3n) is 3.97. The highest BCUT2D eigenvalue weighted by atomic mass is 32.2. The quantitative estimate of drug-likeness (QED) is 0.292. The number of sulfone groups is 1.